The van der Waals surface area contributed by atoms with Crippen LogP contribution < -0.4 is 5.32 Å². The predicted octanol–water partition coefficient (Wildman–Crippen LogP) is 3.85. The van der Waals surface area contributed by atoms with E-state index in [1.165, 1.54) is 17.7 Å². The number of halogens is 1. The first kappa shape index (κ1) is 14.8. The zero-order chi connectivity index (χ0) is 15.6. The number of hydrogen-bond donors (Lipinski definition) is 1. The van der Waals surface area contributed by atoms with Gasteiger partial charge < -0.3 is 5.32 Å². The predicted molar refractivity (Wildman–Crippen MR) is 85.5 cm³/mol. The second-order valence-electron chi connectivity index (χ2n) is 6.02. The second-order valence-corrected chi connectivity index (χ2v) is 6.02. The first-order valence-electron chi connectivity index (χ1n) is 7.76. The van der Waals surface area contributed by atoms with E-state index in [1.54, 1.807) is 0 Å². The van der Waals surface area contributed by atoms with Crippen molar-refractivity contribution < 1.29 is 9.18 Å². The van der Waals surface area contributed by atoms with Gasteiger partial charge in [-0.3, -0.25) is 4.79 Å². The molecular weight excluding hydrogens is 277 g/mol. The van der Waals surface area contributed by atoms with Gasteiger partial charge in [0, 0.05) is 17.5 Å². The monoisotopic (exact) mass is 297 g/mol. The van der Waals surface area contributed by atoms with E-state index < -0.39 is 0 Å². The smallest absolute Gasteiger partial charge is 0.251 e. The van der Waals surface area contributed by atoms with Crippen molar-refractivity contribution in [3.05, 3.63) is 71.0 Å². The fourth-order valence-electron chi connectivity index (χ4n) is 2.77. The Bertz CT molecular complexity index is 657. The van der Waals surface area contributed by atoms with E-state index in [0.29, 0.717) is 12.1 Å². The maximum atomic E-state index is 13.0. The number of benzene rings is 2. The minimum absolute atomic E-state index is 0.00722. The quantitative estimate of drug-likeness (QED) is 0.892. The lowest BCUT2D eigenvalue weighted by Crippen LogP contribution is -2.32. The highest BCUT2D eigenvalue weighted by Gasteiger charge is 2.44. The van der Waals surface area contributed by atoms with Crippen molar-refractivity contribution in [1.82, 2.24) is 5.32 Å². The molecule has 2 aromatic rings. The normalized spacial score (nSPS) is 15.4. The lowest BCUT2D eigenvalue weighted by Gasteiger charge is -2.16. The largest absolute Gasteiger partial charge is 0.351 e. The molecule has 0 aromatic heterocycles. The molecule has 1 fully saturated rings. The third-order valence-corrected chi connectivity index (χ3v) is 4.52. The molecule has 2 nitrogen and oxygen atoms in total. The summed E-state index contributed by atoms with van der Waals surface area (Å²) in [7, 11) is 0. The third-order valence-electron chi connectivity index (χ3n) is 4.52. The second kappa shape index (κ2) is 5.91. The van der Waals surface area contributed by atoms with Gasteiger partial charge in [0.15, 0.2) is 0 Å². The van der Waals surface area contributed by atoms with Crippen molar-refractivity contribution in [2.45, 2.75) is 31.6 Å². The number of rotatable bonds is 5. The molecular formula is C19H20FNO. The number of carbonyl (C=O) groups is 1. The Morgan fingerprint density at radius 3 is 2.27 bits per heavy atom. The number of hydrogen-bond acceptors (Lipinski definition) is 1. The molecule has 0 unspecified atom stereocenters. The van der Waals surface area contributed by atoms with Crippen molar-refractivity contribution >= 4 is 5.91 Å². The molecule has 0 bridgehead atoms. The van der Waals surface area contributed by atoms with Gasteiger partial charge in [-0.05, 0) is 54.7 Å². The van der Waals surface area contributed by atoms with Crippen molar-refractivity contribution in [3.8, 4) is 0 Å². The Hall–Kier alpha value is -2.16. The molecule has 114 valence electrons. The Labute approximate surface area is 130 Å². The first-order chi connectivity index (χ1) is 10.6. The van der Waals surface area contributed by atoms with Crippen molar-refractivity contribution in [2.24, 2.45) is 0 Å². The first-order valence-corrected chi connectivity index (χ1v) is 7.76. The molecule has 1 N–H and O–H groups in total. The number of amides is 1. The standard InChI is InChI=1S/C19H20FNO/c1-2-14-3-5-15(6-4-14)18(22)21-13-19(11-12-19)16-7-9-17(20)10-8-16/h3-10H,2,11-13H2,1H3,(H,21,22). The van der Waals surface area contributed by atoms with Crippen LogP contribution in [0.25, 0.3) is 0 Å². The summed E-state index contributed by atoms with van der Waals surface area (Å²) >= 11 is 0. The van der Waals surface area contributed by atoms with Crippen LogP contribution in [0.5, 0.6) is 0 Å². The van der Waals surface area contributed by atoms with E-state index in [-0.39, 0.29) is 17.1 Å². The van der Waals surface area contributed by atoms with Crippen LogP contribution in [-0.4, -0.2) is 12.5 Å². The van der Waals surface area contributed by atoms with Gasteiger partial charge in [-0.25, -0.2) is 4.39 Å². The van der Waals surface area contributed by atoms with Gasteiger partial charge in [-0.15, -0.1) is 0 Å². The zero-order valence-corrected chi connectivity index (χ0v) is 12.7. The number of nitrogens with one attached hydrogen (secondary N) is 1. The van der Waals surface area contributed by atoms with E-state index in [2.05, 4.69) is 12.2 Å². The minimum Gasteiger partial charge on any atom is -0.351 e. The average Bonchev–Trinajstić information content (AvgIpc) is 3.34. The van der Waals surface area contributed by atoms with Crippen LogP contribution in [0.15, 0.2) is 48.5 Å². The van der Waals surface area contributed by atoms with E-state index in [9.17, 15) is 9.18 Å². The van der Waals surface area contributed by atoms with Crippen molar-refractivity contribution in [3.63, 3.8) is 0 Å². The van der Waals surface area contributed by atoms with Gasteiger partial charge >= 0.3 is 0 Å². The molecule has 1 aliphatic rings. The molecule has 22 heavy (non-hydrogen) atoms. The van der Waals surface area contributed by atoms with Gasteiger partial charge in [0.05, 0.1) is 0 Å². The summed E-state index contributed by atoms with van der Waals surface area (Å²) in [6.45, 7) is 2.70. The fourth-order valence-corrected chi connectivity index (χ4v) is 2.77. The van der Waals surface area contributed by atoms with E-state index >= 15 is 0 Å². The Morgan fingerprint density at radius 1 is 1.09 bits per heavy atom. The van der Waals surface area contributed by atoms with Gasteiger partial charge in [0.2, 0.25) is 0 Å². The van der Waals surface area contributed by atoms with Crippen LogP contribution in [0.3, 0.4) is 0 Å². The lowest BCUT2D eigenvalue weighted by atomic mass is 9.96. The molecule has 0 spiro atoms. The van der Waals surface area contributed by atoms with Crippen LogP contribution in [0.4, 0.5) is 4.39 Å². The van der Waals surface area contributed by atoms with Crippen LogP contribution in [0.1, 0.15) is 41.3 Å². The van der Waals surface area contributed by atoms with Crippen molar-refractivity contribution in [2.75, 3.05) is 6.54 Å². The zero-order valence-electron chi connectivity index (χ0n) is 12.7. The summed E-state index contributed by atoms with van der Waals surface area (Å²) in [6.07, 6.45) is 3.04. The maximum Gasteiger partial charge on any atom is 0.251 e. The van der Waals surface area contributed by atoms with Crippen LogP contribution in [0.2, 0.25) is 0 Å². The lowest BCUT2D eigenvalue weighted by molar-refractivity contribution is 0.0949. The van der Waals surface area contributed by atoms with Gasteiger partial charge in [-0.2, -0.15) is 0 Å². The minimum atomic E-state index is -0.223. The highest BCUT2D eigenvalue weighted by molar-refractivity contribution is 5.94. The molecule has 0 aliphatic heterocycles. The summed E-state index contributed by atoms with van der Waals surface area (Å²) in [6, 6.07) is 14.3. The SMILES string of the molecule is CCc1ccc(C(=O)NCC2(c3ccc(F)cc3)CC2)cc1. The summed E-state index contributed by atoms with van der Waals surface area (Å²) in [5.74, 6) is -0.268. The summed E-state index contributed by atoms with van der Waals surface area (Å²) in [5, 5.41) is 3.02. The van der Waals surface area contributed by atoms with E-state index in [1.807, 2.05) is 36.4 Å². The van der Waals surface area contributed by atoms with Gasteiger partial charge in [-0.1, -0.05) is 31.2 Å². The Balaban J connectivity index is 1.64. The highest BCUT2D eigenvalue weighted by Crippen LogP contribution is 2.47. The summed E-state index contributed by atoms with van der Waals surface area (Å²) in [4.78, 5) is 12.2. The van der Waals surface area contributed by atoms with Crippen LogP contribution in [0, 0.1) is 5.82 Å². The molecule has 2 aromatic carbocycles. The molecule has 1 amide bonds. The third kappa shape index (κ3) is 3.03. The molecule has 3 heteroatoms. The Kier molecular flexibility index (Phi) is 3.97. The topological polar surface area (TPSA) is 29.1 Å². The molecule has 1 aliphatic carbocycles. The van der Waals surface area contributed by atoms with E-state index in [4.69, 9.17) is 0 Å². The van der Waals surface area contributed by atoms with Crippen LogP contribution >= 0.6 is 0 Å². The highest BCUT2D eigenvalue weighted by atomic mass is 19.1. The molecule has 0 atom stereocenters. The maximum absolute atomic E-state index is 13.0. The van der Waals surface area contributed by atoms with Crippen LogP contribution in [-0.2, 0) is 11.8 Å². The molecule has 0 radical (unpaired) electrons. The van der Waals surface area contributed by atoms with Crippen molar-refractivity contribution in [1.29, 1.82) is 0 Å². The van der Waals surface area contributed by atoms with Gasteiger partial charge in [0.1, 0.15) is 5.82 Å². The van der Waals surface area contributed by atoms with E-state index in [0.717, 1.165) is 24.8 Å². The summed E-state index contributed by atoms with van der Waals surface area (Å²) < 4.78 is 13.0. The molecule has 1 saturated carbocycles. The molecule has 0 heterocycles. The number of carbonyl (C=O) groups excluding carboxylic acids is 1. The number of aryl methyl sites for hydroxylation is 1. The van der Waals surface area contributed by atoms with Gasteiger partial charge in [0.25, 0.3) is 5.91 Å². The Morgan fingerprint density at radius 2 is 1.73 bits per heavy atom. The fraction of sp³-hybridized carbons (Fsp3) is 0.316. The average molecular weight is 297 g/mol. The molecule has 0 saturated heterocycles. The molecule has 3 rings (SSSR count). The summed E-state index contributed by atoms with van der Waals surface area (Å²) in [5.41, 5.74) is 3.01.